The topological polar surface area (TPSA) is 97.6 Å². The van der Waals surface area contributed by atoms with Gasteiger partial charge >= 0.3 is 0 Å². The molecule has 0 aliphatic carbocycles. The molecule has 0 saturated carbocycles. The number of nitro groups is 1. The van der Waals surface area contributed by atoms with Gasteiger partial charge < -0.3 is 9.64 Å². The molecular formula is C24H20N4O4S. The quantitative estimate of drug-likeness (QED) is 0.334. The highest BCUT2D eigenvalue weighted by molar-refractivity contribution is 7.14. The zero-order chi connectivity index (χ0) is 22.8. The first-order valence-corrected chi connectivity index (χ1v) is 11.3. The Labute approximate surface area is 193 Å². The van der Waals surface area contributed by atoms with Gasteiger partial charge in [0.15, 0.2) is 5.13 Å². The number of carbonyl (C=O) groups is 1. The number of morpholine rings is 1. The number of anilines is 2. The van der Waals surface area contributed by atoms with Crippen molar-refractivity contribution >= 4 is 44.5 Å². The Balaban J connectivity index is 1.45. The molecule has 1 amide bonds. The molecule has 8 nitrogen and oxygen atoms in total. The van der Waals surface area contributed by atoms with Crippen molar-refractivity contribution in [1.82, 2.24) is 4.98 Å². The molecule has 1 aliphatic heterocycles. The lowest BCUT2D eigenvalue weighted by Crippen LogP contribution is -2.37. The van der Waals surface area contributed by atoms with Crippen LogP contribution in [0.4, 0.5) is 16.5 Å². The first-order valence-electron chi connectivity index (χ1n) is 10.5. The van der Waals surface area contributed by atoms with Crippen LogP contribution in [0.2, 0.25) is 0 Å². The van der Waals surface area contributed by atoms with Gasteiger partial charge in [-0.25, -0.2) is 4.98 Å². The lowest BCUT2D eigenvalue weighted by molar-refractivity contribution is -0.384. The van der Waals surface area contributed by atoms with Crippen LogP contribution in [0.25, 0.3) is 22.0 Å². The summed E-state index contributed by atoms with van der Waals surface area (Å²) in [4.78, 5) is 30.6. The van der Waals surface area contributed by atoms with E-state index in [0.29, 0.717) is 37.1 Å². The van der Waals surface area contributed by atoms with E-state index in [-0.39, 0.29) is 11.3 Å². The molecule has 1 aromatic heterocycles. The third kappa shape index (κ3) is 4.28. The zero-order valence-electron chi connectivity index (χ0n) is 17.6. The highest BCUT2D eigenvalue weighted by atomic mass is 32.1. The number of benzene rings is 3. The molecule has 1 aliphatic rings. The number of nitrogens with zero attached hydrogens (tertiary/aromatic N) is 3. The van der Waals surface area contributed by atoms with Gasteiger partial charge in [0.25, 0.3) is 11.6 Å². The number of thiazole rings is 1. The Bertz CT molecular complexity index is 1340. The molecule has 0 radical (unpaired) electrons. The van der Waals surface area contributed by atoms with Gasteiger partial charge in [0.05, 0.1) is 35.1 Å². The molecule has 9 heteroatoms. The molecule has 166 valence electrons. The number of aromatic nitrogens is 1. The summed E-state index contributed by atoms with van der Waals surface area (Å²) < 4.78 is 5.40. The van der Waals surface area contributed by atoms with E-state index < -0.39 is 10.8 Å². The van der Waals surface area contributed by atoms with Crippen LogP contribution in [-0.4, -0.2) is 42.1 Å². The summed E-state index contributed by atoms with van der Waals surface area (Å²) in [6, 6.07) is 18.4. The number of nitro benzene ring substituents is 1. The molecule has 4 aromatic rings. The van der Waals surface area contributed by atoms with Crippen molar-refractivity contribution in [3.05, 3.63) is 81.7 Å². The highest BCUT2D eigenvalue weighted by Gasteiger charge is 2.23. The van der Waals surface area contributed by atoms with Gasteiger partial charge in [0.2, 0.25) is 0 Å². The van der Waals surface area contributed by atoms with Crippen LogP contribution in [0.5, 0.6) is 0 Å². The Morgan fingerprint density at radius 2 is 1.88 bits per heavy atom. The van der Waals surface area contributed by atoms with Gasteiger partial charge in [0, 0.05) is 36.2 Å². The van der Waals surface area contributed by atoms with Gasteiger partial charge in [0.1, 0.15) is 0 Å². The Kier molecular flexibility index (Phi) is 5.72. The van der Waals surface area contributed by atoms with Crippen molar-refractivity contribution in [3.8, 4) is 11.3 Å². The number of hydrogen-bond donors (Lipinski definition) is 1. The van der Waals surface area contributed by atoms with Gasteiger partial charge in [-0.2, -0.15) is 0 Å². The lowest BCUT2D eigenvalue weighted by Gasteiger charge is -2.30. The second-order valence-corrected chi connectivity index (χ2v) is 8.43. The minimum Gasteiger partial charge on any atom is -0.378 e. The molecular weight excluding hydrogens is 440 g/mol. The number of nitrogens with one attached hydrogen (secondary N) is 1. The van der Waals surface area contributed by atoms with Crippen LogP contribution in [0.15, 0.2) is 66.0 Å². The fourth-order valence-corrected chi connectivity index (χ4v) is 4.67. The summed E-state index contributed by atoms with van der Waals surface area (Å²) in [6.07, 6.45) is 0. The number of rotatable bonds is 5. The first-order chi connectivity index (χ1) is 16.1. The molecule has 0 spiro atoms. The maximum Gasteiger partial charge on any atom is 0.270 e. The summed E-state index contributed by atoms with van der Waals surface area (Å²) in [5, 5.41) is 18.7. The minimum atomic E-state index is -0.498. The molecule has 0 atom stereocenters. The molecule has 33 heavy (non-hydrogen) atoms. The predicted molar refractivity (Wildman–Crippen MR) is 129 cm³/mol. The molecule has 1 saturated heterocycles. The maximum atomic E-state index is 13.2. The van der Waals surface area contributed by atoms with E-state index in [1.54, 1.807) is 6.07 Å². The summed E-state index contributed by atoms with van der Waals surface area (Å²) in [7, 11) is 0. The molecule has 3 aromatic carbocycles. The van der Waals surface area contributed by atoms with E-state index in [9.17, 15) is 14.9 Å². The van der Waals surface area contributed by atoms with Crippen LogP contribution < -0.4 is 10.2 Å². The van der Waals surface area contributed by atoms with E-state index in [2.05, 4.69) is 10.3 Å². The van der Waals surface area contributed by atoms with Crippen molar-refractivity contribution in [2.75, 3.05) is 36.5 Å². The fourth-order valence-electron chi connectivity index (χ4n) is 3.97. The number of carbonyl (C=O) groups excluding carboxylic acids is 1. The summed E-state index contributed by atoms with van der Waals surface area (Å²) in [5.74, 6) is -0.431. The number of hydrogen-bond acceptors (Lipinski definition) is 7. The summed E-state index contributed by atoms with van der Waals surface area (Å²) >= 11 is 1.32. The summed E-state index contributed by atoms with van der Waals surface area (Å²) in [6.45, 7) is 2.30. The maximum absolute atomic E-state index is 13.2. The highest BCUT2D eigenvalue weighted by Crippen LogP contribution is 2.32. The Morgan fingerprint density at radius 3 is 2.70 bits per heavy atom. The van der Waals surface area contributed by atoms with Crippen molar-refractivity contribution in [3.63, 3.8) is 0 Å². The van der Waals surface area contributed by atoms with Gasteiger partial charge in [-0.15, -0.1) is 11.3 Å². The lowest BCUT2D eigenvalue weighted by atomic mass is 10.0. The van der Waals surface area contributed by atoms with Crippen molar-refractivity contribution < 1.29 is 14.5 Å². The second-order valence-electron chi connectivity index (χ2n) is 7.58. The SMILES string of the molecule is O=C(Nc1nc(-c2cccc3ccccc23)cs1)c1cc([N+](=O)[O-])ccc1N1CCOCC1. The molecule has 2 heterocycles. The average Bonchev–Trinajstić information content (AvgIpc) is 3.32. The van der Waals surface area contributed by atoms with E-state index in [1.807, 2.05) is 52.7 Å². The van der Waals surface area contributed by atoms with E-state index in [1.165, 1.54) is 23.5 Å². The average molecular weight is 461 g/mol. The molecule has 1 fully saturated rings. The van der Waals surface area contributed by atoms with Crippen molar-refractivity contribution in [1.29, 1.82) is 0 Å². The van der Waals surface area contributed by atoms with Gasteiger partial charge in [-0.3, -0.25) is 20.2 Å². The third-order valence-electron chi connectivity index (χ3n) is 5.58. The van der Waals surface area contributed by atoms with E-state index in [0.717, 1.165) is 22.0 Å². The van der Waals surface area contributed by atoms with Crippen molar-refractivity contribution in [2.24, 2.45) is 0 Å². The van der Waals surface area contributed by atoms with E-state index in [4.69, 9.17) is 4.74 Å². The predicted octanol–water partition coefficient (Wildman–Crippen LogP) is 4.96. The van der Waals surface area contributed by atoms with Crippen LogP contribution in [-0.2, 0) is 4.74 Å². The van der Waals surface area contributed by atoms with Gasteiger partial charge in [-0.1, -0.05) is 42.5 Å². The largest absolute Gasteiger partial charge is 0.378 e. The number of amides is 1. The monoisotopic (exact) mass is 460 g/mol. The number of ether oxygens (including phenoxy) is 1. The van der Waals surface area contributed by atoms with Crippen LogP contribution >= 0.6 is 11.3 Å². The zero-order valence-corrected chi connectivity index (χ0v) is 18.4. The minimum absolute atomic E-state index is 0.132. The first kappa shape index (κ1) is 21.0. The van der Waals surface area contributed by atoms with Gasteiger partial charge in [-0.05, 0) is 16.8 Å². The smallest absolute Gasteiger partial charge is 0.270 e. The normalized spacial score (nSPS) is 13.8. The Hall–Kier alpha value is -3.82. The molecule has 0 bridgehead atoms. The van der Waals surface area contributed by atoms with Crippen LogP contribution in [0, 0.1) is 10.1 Å². The number of non-ortho nitro benzene ring substituents is 1. The standard InChI is InChI=1S/C24H20N4O4S/c29-23(20-14-17(28(30)31)8-9-22(20)27-10-12-32-13-11-27)26-24-25-21(15-33-24)19-7-3-5-16-4-1-2-6-18(16)19/h1-9,14-15H,10-13H2,(H,25,26,29). The molecule has 5 rings (SSSR count). The van der Waals surface area contributed by atoms with Crippen LogP contribution in [0.1, 0.15) is 10.4 Å². The van der Waals surface area contributed by atoms with Crippen molar-refractivity contribution in [2.45, 2.75) is 0 Å². The summed E-state index contributed by atoms with van der Waals surface area (Å²) in [5.41, 5.74) is 2.50. The second kappa shape index (κ2) is 8.97. The van der Waals surface area contributed by atoms with Crippen LogP contribution in [0.3, 0.4) is 0 Å². The Morgan fingerprint density at radius 1 is 1.09 bits per heavy atom. The molecule has 0 unspecified atom stereocenters. The number of fused-ring (bicyclic) bond motifs is 1. The third-order valence-corrected chi connectivity index (χ3v) is 6.34. The van der Waals surface area contributed by atoms with E-state index >= 15 is 0 Å². The fraction of sp³-hybridized carbons (Fsp3) is 0.167. The molecule has 1 N–H and O–H groups in total.